The lowest BCUT2D eigenvalue weighted by Crippen LogP contribution is -2.28. The summed E-state index contributed by atoms with van der Waals surface area (Å²) >= 11 is 1.57. The Morgan fingerprint density at radius 3 is 2.57 bits per heavy atom. The molecule has 28 heavy (non-hydrogen) atoms. The predicted octanol–water partition coefficient (Wildman–Crippen LogP) is 3.69. The molecule has 0 aliphatic heterocycles. The van der Waals surface area contributed by atoms with E-state index >= 15 is 0 Å². The van der Waals surface area contributed by atoms with Crippen LogP contribution < -0.4 is 5.56 Å². The van der Waals surface area contributed by atoms with E-state index in [-0.39, 0.29) is 36.3 Å². The molecule has 0 bridgehead atoms. The van der Waals surface area contributed by atoms with Crippen molar-refractivity contribution < 1.29 is 8.78 Å². The maximum Gasteiger partial charge on any atom is 0.262 e. The van der Waals surface area contributed by atoms with Crippen LogP contribution in [0.2, 0.25) is 0 Å². The smallest absolute Gasteiger partial charge is 0.262 e. The van der Waals surface area contributed by atoms with Crippen molar-refractivity contribution in [2.75, 3.05) is 0 Å². The van der Waals surface area contributed by atoms with Crippen LogP contribution in [-0.4, -0.2) is 35.9 Å². The molecule has 7 nitrogen and oxygen atoms in total. The van der Waals surface area contributed by atoms with Crippen molar-refractivity contribution in [3.63, 3.8) is 0 Å². The van der Waals surface area contributed by atoms with E-state index in [1.54, 1.807) is 16.0 Å². The third-order valence-corrected chi connectivity index (χ3v) is 6.97. The number of aromatic amines is 1. The van der Waals surface area contributed by atoms with Crippen molar-refractivity contribution in [3.8, 4) is 0 Å². The first-order valence-corrected chi connectivity index (χ1v) is 10.4. The van der Waals surface area contributed by atoms with Crippen LogP contribution in [-0.2, 0) is 0 Å². The minimum atomic E-state index is -2.60. The Morgan fingerprint density at radius 2 is 1.93 bits per heavy atom. The Hall–Kier alpha value is -2.23. The van der Waals surface area contributed by atoms with Gasteiger partial charge in [0.25, 0.3) is 5.56 Å². The molecule has 2 atom stereocenters. The van der Waals surface area contributed by atoms with Crippen LogP contribution in [0, 0.1) is 6.92 Å². The molecule has 3 heterocycles. The fourth-order valence-corrected chi connectivity index (χ4v) is 5.15. The highest BCUT2D eigenvalue weighted by atomic mass is 32.1. The standard InChI is InChI=1S/C18H20F2N6OS/c1-9-24-25-17(28-9)12-3-2-11(12)14-22-15-13(16(27)23-14)8-21-26(15)10-4-6-18(19,20)7-5-10/h8,10-12H,2-7H2,1H3,(H,22,23,27)/t11-,12?/m1/s1. The number of aryl methyl sites for hydroxylation is 1. The maximum atomic E-state index is 13.5. The first-order valence-electron chi connectivity index (χ1n) is 9.56. The fraction of sp³-hybridized carbons (Fsp3) is 0.611. The fourth-order valence-electron chi connectivity index (χ4n) is 4.25. The molecule has 2 fully saturated rings. The number of alkyl halides is 2. The van der Waals surface area contributed by atoms with Gasteiger partial charge in [-0.05, 0) is 32.6 Å². The van der Waals surface area contributed by atoms with Crippen molar-refractivity contribution in [2.45, 2.75) is 69.2 Å². The molecule has 5 rings (SSSR count). The van der Waals surface area contributed by atoms with Crippen molar-refractivity contribution in [1.82, 2.24) is 29.9 Å². The summed E-state index contributed by atoms with van der Waals surface area (Å²) in [7, 11) is 0. The zero-order valence-corrected chi connectivity index (χ0v) is 16.2. The average molecular weight is 406 g/mol. The summed E-state index contributed by atoms with van der Waals surface area (Å²) in [4.78, 5) is 20.2. The molecule has 0 spiro atoms. The Kier molecular flexibility index (Phi) is 4.08. The summed E-state index contributed by atoms with van der Waals surface area (Å²) in [6.45, 7) is 1.92. The second-order valence-corrected chi connectivity index (χ2v) is 9.03. The molecular formula is C18H20F2N6OS. The van der Waals surface area contributed by atoms with Gasteiger partial charge in [0.1, 0.15) is 21.2 Å². The number of aromatic nitrogens is 6. The normalized spacial score (nSPS) is 25.1. The molecule has 0 amide bonds. The summed E-state index contributed by atoms with van der Waals surface area (Å²) in [5.74, 6) is -1.68. The van der Waals surface area contributed by atoms with Gasteiger partial charge in [-0.3, -0.25) is 4.79 Å². The number of hydrogen-bond acceptors (Lipinski definition) is 6. The quantitative estimate of drug-likeness (QED) is 0.717. The average Bonchev–Trinajstić information content (AvgIpc) is 3.21. The Balaban J connectivity index is 1.49. The van der Waals surface area contributed by atoms with Gasteiger partial charge >= 0.3 is 0 Å². The lowest BCUT2D eigenvalue weighted by molar-refractivity contribution is -0.0446. The molecule has 3 aromatic heterocycles. The lowest BCUT2D eigenvalue weighted by Gasteiger charge is -2.34. The summed E-state index contributed by atoms with van der Waals surface area (Å²) in [6, 6.07) is -0.151. The van der Waals surface area contributed by atoms with Crippen molar-refractivity contribution >= 4 is 22.4 Å². The van der Waals surface area contributed by atoms with Crippen LogP contribution >= 0.6 is 11.3 Å². The van der Waals surface area contributed by atoms with E-state index < -0.39 is 5.92 Å². The first kappa shape index (κ1) is 17.8. The van der Waals surface area contributed by atoms with E-state index in [1.807, 2.05) is 6.92 Å². The second kappa shape index (κ2) is 6.40. The molecule has 3 aromatic rings. The molecule has 1 N–H and O–H groups in total. The molecule has 10 heteroatoms. The molecule has 2 aliphatic rings. The number of fused-ring (bicyclic) bond motifs is 1. The summed E-state index contributed by atoms with van der Waals surface area (Å²) in [5.41, 5.74) is 0.263. The van der Waals surface area contributed by atoms with E-state index in [0.717, 1.165) is 22.9 Å². The number of hydrogen-bond donors (Lipinski definition) is 1. The van der Waals surface area contributed by atoms with E-state index in [1.165, 1.54) is 6.20 Å². The summed E-state index contributed by atoms with van der Waals surface area (Å²) < 4.78 is 28.7. The molecule has 0 saturated heterocycles. The van der Waals surface area contributed by atoms with Crippen molar-refractivity contribution in [2.24, 2.45) is 0 Å². The predicted molar refractivity (Wildman–Crippen MR) is 100.0 cm³/mol. The second-order valence-electron chi connectivity index (χ2n) is 7.81. The molecule has 148 valence electrons. The highest BCUT2D eigenvalue weighted by Gasteiger charge is 2.39. The maximum absolute atomic E-state index is 13.5. The lowest BCUT2D eigenvalue weighted by atomic mass is 9.73. The Morgan fingerprint density at radius 1 is 1.18 bits per heavy atom. The van der Waals surface area contributed by atoms with Gasteiger partial charge in [-0.25, -0.2) is 18.4 Å². The van der Waals surface area contributed by atoms with E-state index in [9.17, 15) is 13.6 Å². The topological polar surface area (TPSA) is 89.3 Å². The molecule has 1 unspecified atom stereocenters. The Labute approximate surface area is 163 Å². The van der Waals surface area contributed by atoms with Gasteiger partial charge in [-0.2, -0.15) is 5.10 Å². The van der Waals surface area contributed by atoms with Crippen LogP contribution in [0.3, 0.4) is 0 Å². The monoisotopic (exact) mass is 406 g/mol. The van der Waals surface area contributed by atoms with Gasteiger partial charge < -0.3 is 4.98 Å². The van der Waals surface area contributed by atoms with Crippen molar-refractivity contribution in [3.05, 3.63) is 32.4 Å². The first-order chi connectivity index (χ1) is 13.4. The molecular weight excluding hydrogens is 386 g/mol. The zero-order valence-electron chi connectivity index (χ0n) is 15.4. The van der Waals surface area contributed by atoms with Crippen LogP contribution in [0.1, 0.15) is 72.2 Å². The highest BCUT2D eigenvalue weighted by molar-refractivity contribution is 7.11. The van der Waals surface area contributed by atoms with Crippen LogP contribution in [0.15, 0.2) is 11.0 Å². The Bertz CT molecular complexity index is 1080. The third-order valence-electron chi connectivity index (χ3n) is 6.00. The molecule has 2 aliphatic carbocycles. The molecule has 0 radical (unpaired) electrons. The van der Waals surface area contributed by atoms with E-state index in [4.69, 9.17) is 4.98 Å². The van der Waals surface area contributed by atoms with Gasteiger partial charge in [0.2, 0.25) is 5.92 Å². The molecule has 0 aromatic carbocycles. The van der Waals surface area contributed by atoms with Crippen LogP contribution in [0.4, 0.5) is 8.78 Å². The largest absolute Gasteiger partial charge is 0.310 e. The molecule has 2 saturated carbocycles. The minimum absolute atomic E-state index is 0.0866. The summed E-state index contributed by atoms with van der Waals surface area (Å²) in [5, 5.41) is 15.0. The van der Waals surface area contributed by atoms with Gasteiger partial charge in [0.05, 0.1) is 12.2 Å². The number of rotatable bonds is 3. The number of halogens is 2. The van der Waals surface area contributed by atoms with Crippen molar-refractivity contribution in [1.29, 1.82) is 0 Å². The highest BCUT2D eigenvalue weighted by Crippen LogP contribution is 2.48. The van der Waals surface area contributed by atoms with Gasteiger partial charge in [0, 0.05) is 24.7 Å². The summed E-state index contributed by atoms with van der Waals surface area (Å²) in [6.07, 6.45) is 3.75. The zero-order chi connectivity index (χ0) is 19.5. The van der Waals surface area contributed by atoms with Gasteiger partial charge in [0.15, 0.2) is 5.65 Å². The van der Waals surface area contributed by atoms with E-state index in [2.05, 4.69) is 20.3 Å². The minimum Gasteiger partial charge on any atom is -0.310 e. The van der Waals surface area contributed by atoms with Crippen LogP contribution in [0.25, 0.3) is 11.0 Å². The number of H-pyrrole nitrogens is 1. The van der Waals surface area contributed by atoms with E-state index in [0.29, 0.717) is 29.7 Å². The third kappa shape index (κ3) is 2.94. The number of nitrogens with zero attached hydrogens (tertiary/aromatic N) is 5. The van der Waals surface area contributed by atoms with Gasteiger partial charge in [-0.15, -0.1) is 21.5 Å². The SMILES string of the molecule is Cc1nnc(C2CC[C@H]2c2nc3c(cnn3C3CCC(F)(F)CC3)c(=O)[nH]2)s1. The van der Waals surface area contributed by atoms with Gasteiger partial charge in [-0.1, -0.05) is 0 Å². The number of nitrogens with one attached hydrogen (secondary N) is 1. The van der Waals surface area contributed by atoms with Crippen LogP contribution in [0.5, 0.6) is 0 Å².